The molecule has 0 unspecified atom stereocenters. The fraction of sp³-hybridized carbons (Fsp3) is 0.493. The van der Waals surface area contributed by atoms with Gasteiger partial charge in [0.15, 0.2) is 0 Å². The Morgan fingerprint density at radius 2 is 0.932 bits per heavy atom. The van der Waals surface area contributed by atoms with Gasteiger partial charge in [-0.1, -0.05) is 141 Å². The van der Waals surface area contributed by atoms with Crippen LogP contribution in [0.15, 0.2) is 97.1 Å². The average molecular weight is 1210 g/mol. The van der Waals surface area contributed by atoms with Crippen molar-refractivity contribution in [3.63, 3.8) is 0 Å². The molecule has 0 atom stereocenters. The number of unbranched alkanes of at least 4 members (excludes halogenated alkanes) is 5. The van der Waals surface area contributed by atoms with Crippen LogP contribution < -0.4 is 15.1 Å². The second-order valence-electron chi connectivity index (χ2n) is 21.6. The fourth-order valence-corrected chi connectivity index (χ4v) is 10.5. The maximum atomic E-state index is 13.7. The standard InChI is InChI=1S/C34H44N4O6.C33H43N5O6/c1-3-4-5-6-18-32(41)44-22-20-38-34-29-15-9-10-16-30(29)37(25-26-12-7-8-14-28(26)33(34)35-36-38)31(40)17-11-13-27(39)19-21-43-24-23-42-2;1-3-4-9-18-34-33(41)44-21-19-38-32-27-13-6-5-11-25(27)24-37(29-15-8-7-14-28(29)31(32)35-36-38)30(40)16-10-12-26(39)17-20-43-23-22-42-2/h7-10,12,14-16H,3-6,11,13,17-25H2,1-2H3;5-8,11,13-15H,3-4,9-10,12,16-24H2,1-2H3,(H,34,41). The monoisotopic (exact) mass is 1210 g/mol. The highest BCUT2D eigenvalue weighted by Crippen LogP contribution is 2.43. The summed E-state index contributed by atoms with van der Waals surface area (Å²) in [7, 11) is 3.21. The molecule has 2 aliphatic rings. The lowest BCUT2D eigenvalue weighted by molar-refractivity contribution is -0.144. The predicted molar refractivity (Wildman–Crippen MR) is 335 cm³/mol. The first-order chi connectivity index (χ1) is 43.1. The molecule has 0 aliphatic carbocycles. The number of para-hydroxylation sites is 2. The summed E-state index contributed by atoms with van der Waals surface area (Å²) >= 11 is 0. The van der Waals surface area contributed by atoms with Crippen LogP contribution in [0.25, 0.3) is 45.0 Å². The molecule has 0 radical (unpaired) electrons. The fourth-order valence-electron chi connectivity index (χ4n) is 10.5. The van der Waals surface area contributed by atoms with Gasteiger partial charge in [-0.05, 0) is 48.9 Å². The maximum absolute atomic E-state index is 13.7. The Labute approximate surface area is 516 Å². The zero-order chi connectivity index (χ0) is 62.3. The van der Waals surface area contributed by atoms with Gasteiger partial charge in [-0.3, -0.25) is 24.0 Å². The molecule has 1 N–H and O–H groups in total. The Morgan fingerprint density at radius 3 is 1.51 bits per heavy atom. The molecule has 0 saturated carbocycles. The lowest BCUT2D eigenvalue weighted by Gasteiger charge is -2.29. The van der Waals surface area contributed by atoms with E-state index in [2.05, 4.69) is 39.8 Å². The number of nitrogens with one attached hydrogen (secondary N) is 1. The van der Waals surface area contributed by atoms with Crippen LogP contribution >= 0.6 is 0 Å². The van der Waals surface area contributed by atoms with Crippen molar-refractivity contribution in [2.75, 3.05) is 83.4 Å². The second-order valence-corrected chi connectivity index (χ2v) is 21.6. The van der Waals surface area contributed by atoms with Gasteiger partial charge in [0, 0.05) is 88.0 Å². The van der Waals surface area contributed by atoms with Gasteiger partial charge in [0.1, 0.15) is 36.2 Å². The van der Waals surface area contributed by atoms with Crippen LogP contribution in [0.3, 0.4) is 0 Å². The number of ketones is 2. The van der Waals surface area contributed by atoms with Crippen molar-refractivity contribution >= 4 is 46.8 Å². The molecule has 4 aromatic carbocycles. The molecule has 0 bridgehead atoms. The Kier molecular flexibility index (Phi) is 28.4. The van der Waals surface area contributed by atoms with Crippen molar-refractivity contribution < 1.29 is 57.2 Å². The smallest absolute Gasteiger partial charge is 0.407 e. The number of amides is 3. The van der Waals surface area contributed by atoms with Crippen LogP contribution in [0.2, 0.25) is 0 Å². The number of carbonyl (C=O) groups excluding carboxylic acids is 6. The minimum atomic E-state index is -0.443. The third-order valence-corrected chi connectivity index (χ3v) is 15.2. The molecule has 2 aromatic heterocycles. The number of hydrogen-bond donors (Lipinski definition) is 1. The predicted octanol–water partition coefficient (Wildman–Crippen LogP) is 10.9. The van der Waals surface area contributed by atoms with Crippen LogP contribution in [-0.2, 0) is 78.6 Å². The largest absolute Gasteiger partial charge is 0.464 e. The molecule has 472 valence electrons. The summed E-state index contributed by atoms with van der Waals surface area (Å²) in [5.74, 6) is -0.173. The van der Waals surface area contributed by atoms with E-state index in [1.54, 1.807) is 33.4 Å². The maximum Gasteiger partial charge on any atom is 0.407 e. The molecule has 2 aliphatic heterocycles. The number of benzene rings is 4. The molecule has 4 heterocycles. The number of ether oxygens (including phenoxy) is 6. The van der Waals surface area contributed by atoms with Gasteiger partial charge in [0.05, 0.1) is 88.6 Å². The highest BCUT2D eigenvalue weighted by atomic mass is 16.6. The molecule has 0 saturated heterocycles. The second kappa shape index (κ2) is 37.0. The Hall–Kier alpha value is -7.98. The summed E-state index contributed by atoms with van der Waals surface area (Å²) < 4.78 is 35.1. The summed E-state index contributed by atoms with van der Waals surface area (Å²) in [6.07, 6.45) is 9.81. The van der Waals surface area contributed by atoms with E-state index in [1.807, 2.05) is 97.1 Å². The van der Waals surface area contributed by atoms with Gasteiger partial charge in [0.2, 0.25) is 11.8 Å². The van der Waals surface area contributed by atoms with Gasteiger partial charge < -0.3 is 43.5 Å². The minimum absolute atomic E-state index is 0.0594. The van der Waals surface area contributed by atoms with Crippen LogP contribution in [0.4, 0.5) is 16.2 Å². The molecule has 3 amide bonds. The lowest BCUT2D eigenvalue weighted by Crippen LogP contribution is -2.31. The SMILES string of the molecule is CCCCCCC(=O)OCCn1nnc2c1-c1ccccc1N(C(=O)CCCC(=O)CCOCCOC)Cc1ccccc1-2.CCCCCNC(=O)OCCn1nnc2c1-c1ccccc1CN(C(=O)CCCC(=O)CCOCCOC)c1ccccc1-2. The molecule has 0 spiro atoms. The zero-order valence-electron chi connectivity index (χ0n) is 51.7. The highest BCUT2D eigenvalue weighted by Gasteiger charge is 2.31. The molecule has 6 aromatic rings. The minimum Gasteiger partial charge on any atom is -0.464 e. The highest BCUT2D eigenvalue weighted by molar-refractivity contribution is 6.01. The van der Waals surface area contributed by atoms with Crippen molar-refractivity contribution in [3.8, 4) is 45.0 Å². The number of alkyl carbamates (subject to hydrolysis) is 1. The van der Waals surface area contributed by atoms with Crippen molar-refractivity contribution in [3.05, 3.63) is 108 Å². The number of fused-ring (bicyclic) bond motifs is 10. The number of anilines is 2. The summed E-state index contributed by atoms with van der Waals surface area (Å²) in [6.45, 7) is 9.17. The zero-order valence-corrected chi connectivity index (χ0v) is 51.7. The summed E-state index contributed by atoms with van der Waals surface area (Å²) in [4.78, 5) is 80.1. The number of carbonyl (C=O) groups is 6. The molecule has 21 heteroatoms. The van der Waals surface area contributed by atoms with E-state index >= 15 is 0 Å². The van der Waals surface area contributed by atoms with Crippen molar-refractivity contribution in [2.24, 2.45) is 0 Å². The van der Waals surface area contributed by atoms with Crippen molar-refractivity contribution in [1.82, 2.24) is 35.3 Å². The van der Waals surface area contributed by atoms with Gasteiger partial charge in [-0.25, -0.2) is 14.2 Å². The van der Waals surface area contributed by atoms with Crippen LogP contribution in [0.5, 0.6) is 0 Å². The van der Waals surface area contributed by atoms with E-state index in [9.17, 15) is 28.8 Å². The van der Waals surface area contributed by atoms with Gasteiger partial charge >= 0.3 is 12.1 Å². The van der Waals surface area contributed by atoms with Crippen LogP contribution in [0, 0.1) is 0 Å². The Bertz CT molecular complexity index is 3200. The number of nitrogens with zero attached hydrogens (tertiary/aromatic N) is 8. The first-order valence-electron chi connectivity index (χ1n) is 31.1. The Morgan fingerprint density at radius 1 is 0.455 bits per heavy atom. The third-order valence-electron chi connectivity index (χ3n) is 15.2. The molecule has 88 heavy (non-hydrogen) atoms. The van der Waals surface area contributed by atoms with Crippen LogP contribution in [0.1, 0.15) is 128 Å². The molecular formula is C67H87N9O12. The van der Waals surface area contributed by atoms with Crippen molar-refractivity contribution in [1.29, 1.82) is 0 Å². The van der Waals surface area contributed by atoms with Crippen LogP contribution in [-0.4, -0.2) is 139 Å². The Balaban J connectivity index is 0.000000251. The number of hydrogen-bond acceptors (Lipinski definition) is 16. The van der Waals surface area contributed by atoms with Crippen molar-refractivity contribution in [2.45, 2.75) is 143 Å². The summed E-state index contributed by atoms with van der Waals surface area (Å²) in [5, 5.41) is 20.8. The van der Waals surface area contributed by atoms with Gasteiger partial charge in [-0.15, -0.1) is 10.2 Å². The van der Waals surface area contributed by atoms with Gasteiger partial charge in [0.25, 0.3) is 0 Å². The van der Waals surface area contributed by atoms with Gasteiger partial charge in [-0.2, -0.15) is 0 Å². The molecular weight excluding hydrogens is 1120 g/mol. The molecule has 0 fully saturated rings. The first kappa shape index (κ1) is 67.5. The summed E-state index contributed by atoms with van der Waals surface area (Å²) in [5.41, 5.74) is 9.77. The third kappa shape index (κ3) is 20.0. The molecule has 8 rings (SSSR count). The summed E-state index contributed by atoms with van der Waals surface area (Å²) in [6, 6.07) is 31.2. The van der Waals surface area contributed by atoms with E-state index in [0.29, 0.717) is 123 Å². The van der Waals surface area contributed by atoms with E-state index < -0.39 is 6.09 Å². The normalized spacial score (nSPS) is 12.0. The number of rotatable bonds is 35. The van der Waals surface area contributed by atoms with E-state index in [4.69, 9.17) is 28.4 Å². The lowest BCUT2D eigenvalue weighted by atomic mass is 9.95. The number of aromatic nitrogens is 6. The quantitative estimate of drug-likeness (QED) is 0.0287. The number of esters is 1. The van der Waals surface area contributed by atoms with E-state index in [0.717, 1.165) is 107 Å². The van der Waals surface area contributed by atoms with E-state index in [-0.39, 0.29) is 55.4 Å². The topological polar surface area (TPSA) is 238 Å². The average Bonchev–Trinajstić information content (AvgIpc) is 1.58. The molecule has 21 nitrogen and oxygen atoms in total. The number of Topliss-reactive ketones (excluding diaryl/α,β-unsaturated/α-hetero) is 2. The number of methoxy groups -OCH3 is 2. The first-order valence-corrected chi connectivity index (χ1v) is 31.1. The van der Waals surface area contributed by atoms with E-state index in [1.165, 1.54) is 0 Å².